The molecule has 126 valence electrons. The first kappa shape index (κ1) is 16.5. The van der Waals surface area contributed by atoms with Crippen molar-refractivity contribution in [2.45, 2.75) is 31.5 Å². The minimum atomic E-state index is -4.56. The molecule has 1 aliphatic rings. The SMILES string of the molecule is CC1(C(F)(F)F)c2ccccc2CCN1C(=O)Cc1cccnc1. The van der Waals surface area contributed by atoms with E-state index >= 15 is 0 Å². The molecule has 3 nitrogen and oxygen atoms in total. The zero-order chi connectivity index (χ0) is 17.4. The first-order valence-corrected chi connectivity index (χ1v) is 7.68. The van der Waals surface area contributed by atoms with Gasteiger partial charge in [0.05, 0.1) is 6.42 Å². The van der Waals surface area contributed by atoms with Crippen LogP contribution in [-0.2, 0) is 23.2 Å². The third-order valence-electron chi connectivity index (χ3n) is 4.62. The molecule has 0 radical (unpaired) electrons. The lowest BCUT2D eigenvalue weighted by Crippen LogP contribution is -2.59. The van der Waals surface area contributed by atoms with Crippen LogP contribution in [0.2, 0.25) is 0 Å². The molecule has 1 aliphatic heterocycles. The molecule has 2 heterocycles. The van der Waals surface area contributed by atoms with E-state index in [1.807, 2.05) is 0 Å². The van der Waals surface area contributed by atoms with Gasteiger partial charge in [-0.1, -0.05) is 30.3 Å². The maximum absolute atomic E-state index is 13.9. The van der Waals surface area contributed by atoms with Gasteiger partial charge in [-0.3, -0.25) is 9.78 Å². The van der Waals surface area contributed by atoms with Gasteiger partial charge in [-0.15, -0.1) is 0 Å². The summed E-state index contributed by atoms with van der Waals surface area (Å²) in [7, 11) is 0. The Labute approximate surface area is 138 Å². The Bertz CT molecular complexity index is 745. The van der Waals surface area contributed by atoms with Gasteiger partial charge >= 0.3 is 6.18 Å². The van der Waals surface area contributed by atoms with Gasteiger partial charge in [0.2, 0.25) is 5.91 Å². The molecular weight excluding hydrogens is 317 g/mol. The molecule has 0 saturated heterocycles. The first-order chi connectivity index (χ1) is 11.3. The van der Waals surface area contributed by atoms with Crippen LogP contribution in [0.5, 0.6) is 0 Å². The minimum Gasteiger partial charge on any atom is -0.324 e. The molecule has 2 aromatic rings. The van der Waals surface area contributed by atoms with Crippen LogP contribution in [0.3, 0.4) is 0 Å². The quantitative estimate of drug-likeness (QED) is 0.842. The Hall–Kier alpha value is -2.37. The monoisotopic (exact) mass is 334 g/mol. The predicted molar refractivity (Wildman–Crippen MR) is 83.2 cm³/mol. The number of hydrogen-bond acceptors (Lipinski definition) is 2. The largest absolute Gasteiger partial charge is 0.415 e. The Kier molecular flexibility index (Phi) is 4.07. The summed E-state index contributed by atoms with van der Waals surface area (Å²) >= 11 is 0. The van der Waals surface area contributed by atoms with Crippen LogP contribution in [-0.4, -0.2) is 28.5 Å². The molecular formula is C18H17F3N2O. The number of amides is 1. The van der Waals surface area contributed by atoms with Crippen molar-refractivity contribution < 1.29 is 18.0 Å². The summed E-state index contributed by atoms with van der Waals surface area (Å²) in [6, 6.07) is 9.82. The van der Waals surface area contributed by atoms with Gasteiger partial charge in [-0.2, -0.15) is 13.2 Å². The van der Waals surface area contributed by atoms with E-state index in [1.54, 1.807) is 36.5 Å². The highest BCUT2D eigenvalue weighted by molar-refractivity contribution is 5.80. The Morgan fingerprint density at radius 3 is 2.67 bits per heavy atom. The van der Waals surface area contributed by atoms with Crippen LogP contribution in [0.4, 0.5) is 13.2 Å². The van der Waals surface area contributed by atoms with Crippen molar-refractivity contribution in [2.75, 3.05) is 6.54 Å². The number of hydrogen-bond donors (Lipinski definition) is 0. The highest BCUT2D eigenvalue weighted by atomic mass is 19.4. The zero-order valence-corrected chi connectivity index (χ0v) is 13.2. The maximum atomic E-state index is 13.9. The van der Waals surface area contributed by atoms with Crippen molar-refractivity contribution in [3.8, 4) is 0 Å². The summed E-state index contributed by atoms with van der Waals surface area (Å²) in [4.78, 5) is 17.5. The Balaban J connectivity index is 2.00. The normalized spacial score (nSPS) is 20.6. The number of nitrogens with zero attached hydrogens (tertiary/aromatic N) is 2. The Morgan fingerprint density at radius 2 is 2.00 bits per heavy atom. The average molecular weight is 334 g/mol. The highest BCUT2D eigenvalue weighted by Crippen LogP contribution is 2.47. The summed E-state index contributed by atoms with van der Waals surface area (Å²) < 4.78 is 41.8. The van der Waals surface area contributed by atoms with Gasteiger partial charge in [0.1, 0.15) is 0 Å². The van der Waals surface area contributed by atoms with Crippen LogP contribution in [0.15, 0.2) is 48.8 Å². The second-order valence-corrected chi connectivity index (χ2v) is 6.06. The second kappa shape index (κ2) is 5.92. The van der Waals surface area contributed by atoms with E-state index < -0.39 is 17.6 Å². The molecule has 0 bridgehead atoms. The molecule has 24 heavy (non-hydrogen) atoms. The van der Waals surface area contributed by atoms with E-state index in [-0.39, 0.29) is 18.5 Å². The van der Waals surface area contributed by atoms with Crippen LogP contribution in [0.1, 0.15) is 23.6 Å². The van der Waals surface area contributed by atoms with Gasteiger partial charge < -0.3 is 4.90 Å². The third-order valence-corrected chi connectivity index (χ3v) is 4.62. The van der Waals surface area contributed by atoms with Gasteiger partial charge in [0.15, 0.2) is 5.54 Å². The fourth-order valence-corrected chi connectivity index (χ4v) is 3.27. The number of fused-ring (bicyclic) bond motifs is 1. The maximum Gasteiger partial charge on any atom is 0.415 e. The zero-order valence-electron chi connectivity index (χ0n) is 13.2. The lowest BCUT2D eigenvalue weighted by atomic mass is 9.81. The van der Waals surface area contributed by atoms with E-state index in [9.17, 15) is 18.0 Å². The molecule has 6 heteroatoms. The molecule has 1 amide bonds. The van der Waals surface area contributed by atoms with Crippen LogP contribution >= 0.6 is 0 Å². The number of carbonyl (C=O) groups excluding carboxylic acids is 1. The van der Waals surface area contributed by atoms with Crippen LogP contribution in [0.25, 0.3) is 0 Å². The third kappa shape index (κ3) is 2.66. The summed E-state index contributed by atoms with van der Waals surface area (Å²) in [6.07, 6.45) is -1.18. The highest BCUT2D eigenvalue weighted by Gasteiger charge is 2.59. The summed E-state index contributed by atoms with van der Waals surface area (Å²) in [5, 5.41) is 0. The van der Waals surface area contributed by atoms with Crippen molar-refractivity contribution in [2.24, 2.45) is 0 Å². The van der Waals surface area contributed by atoms with Gasteiger partial charge in [-0.05, 0) is 36.1 Å². The number of benzene rings is 1. The molecule has 3 rings (SSSR count). The van der Waals surface area contributed by atoms with Crippen molar-refractivity contribution in [1.29, 1.82) is 0 Å². The smallest absolute Gasteiger partial charge is 0.324 e. The summed E-state index contributed by atoms with van der Waals surface area (Å²) in [6.45, 7) is 1.14. The van der Waals surface area contributed by atoms with Gasteiger partial charge in [-0.25, -0.2) is 0 Å². The molecule has 1 atom stereocenters. The lowest BCUT2D eigenvalue weighted by molar-refractivity contribution is -0.233. The standard InChI is InChI=1S/C18H17F3N2O/c1-17(18(19,20)21)15-7-3-2-6-14(15)8-10-23(17)16(24)11-13-5-4-9-22-12-13/h2-7,9,12H,8,10-11H2,1H3. The number of rotatable bonds is 2. The Morgan fingerprint density at radius 1 is 1.25 bits per heavy atom. The van der Waals surface area contributed by atoms with E-state index in [1.165, 1.54) is 12.3 Å². The van der Waals surface area contributed by atoms with Gasteiger partial charge in [0, 0.05) is 18.9 Å². The van der Waals surface area contributed by atoms with E-state index in [4.69, 9.17) is 0 Å². The van der Waals surface area contributed by atoms with Crippen molar-refractivity contribution in [3.05, 3.63) is 65.5 Å². The molecule has 0 fully saturated rings. The van der Waals surface area contributed by atoms with E-state index in [0.29, 0.717) is 17.5 Å². The molecule has 1 aromatic heterocycles. The van der Waals surface area contributed by atoms with Crippen LogP contribution in [0, 0.1) is 0 Å². The molecule has 0 N–H and O–H groups in total. The summed E-state index contributed by atoms with van der Waals surface area (Å²) in [5.74, 6) is -0.544. The number of halogens is 3. The fraction of sp³-hybridized carbons (Fsp3) is 0.333. The predicted octanol–water partition coefficient (Wildman–Crippen LogP) is 3.49. The number of carbonyl (C=O) groups is 1. The molecule has 0 saturated carbocycles. The number of alkyl halides is 3. The second-order valence-electron chi connectivity index (χ2n) is 6.06. The van der Waals surface area contributed by atoms with Crippen molar-refractivity contribution in [3.63, 3.8) is 0 Å². The van der Waals surface area contributed by atoms with Crippen molar-refractivity contribution in [1.82, 2.24) is 9.88 Å². The number of aromatic nitrogens is 1. The van der Waals surface area contributed by atoms with Crippen molar-refractivity contribution >= 4 is 5.91 Å². The first-order valence-electron chi connectivity index (χ1n) is 7.68. The molecule has 0 spiro atoms. The van der Waals surface area contributed by atoms with Gasteiger partial charge in [0.25, 0.3) is 0 Å². The summed E-state index contributed by atoms with van der Waals surface area (Å²) in [5.41, 5.74) is -0.918. The fourth-order valence-electron chi connectivity index (χ4n) is 3.27. The minimum absolute atomic E-state index is 0.0477. The number of pyridine rings is 1. The van der Waals surface area contributed by atoms with Crippen LogP contribution < -0.4 is 0 Å². The van der Waals surface area contributed by atoms with E-state index in [0.717, 1.165) is 11.8 Å². The average Bonchev–Trinajstić information content (AvgIpc) is 2.55. The topological polar surface area (TPSA) is 33.2 Å². The lowest BCUT2D eigenvalue weighted by Gasteiger charge is -2.46. The molecule has 1 aromatic carbocycles. The van der Waals surface area contributed by atoms with E-state index in [2.05, 4.69) is 4.98 Å². The molecule has 1 unspecified atom stereocenters. The molecule has 0 aliphatic carbocycles.